The Hall–Kier alpha value is -1.03. The Kier molecular flexibility index (Phi) is 1.99. The second-order valence-corrected chi connectivity index (χ2v) is 3.14. The van der Waals surface area contributed by atoms with Crippen molar-refractivity contribution < 1.29 is 4.52 Å². The van der Waals surface area contributed by atoms with Gasteiger partial charge in [-0.2, -0.15) is 0 Å². The average Bonchev–Trinajstić information content (AvgIpc) is 2.74. The summed E-state index contributed by atoms with van der Waals surface area (Å²) in [6.45, 7) is 0.620. The highest BCUT2D eigenvalue weighted by Crippen LogP contribution is 2.24. The van der Waals surface area contributed by atoms with Gasteiger partial charge in [-0.1, -0.05) is 5.16 Å². The zero-order valence-electron chi connectivity index (χ0n) is 6.92. The standard InChI is InChI=1S/C8H13N3O/c9-4-3-7-5-8(12-11-7)10-6-1-2-6/h5-6,10H,1-4,9H2. The number of nitrogens with zero attached hydrogens (tertiary/aromatic N) is 1. The number of aromatic nitrogens is 1. The molecular formula is C8H13N3O. The summed E-state index contributed by atoms with van der Waals surface area (Å²) >= 11 is 0. The Labute approximate surface area is 71.1 Å². The van der Waals surface area contributed by atoms with Crippen molar-refractivity contribution in [2.75, 3.05) is 11.9 Å². The first-order valence-corrected chi connectivity index (χ1v) is 4.30. The maximum Gasteiger partial charge on any atom is 0.225 e. The van der Waals surface area contributed by atoms with Crippen LogP contribution < -0.4 is 11.1 Å². The lowest BCUT2D eigenvalue weighted by atomic mass is 10.3. The third-order valence-corrected chi connectivity index (χ3v) is 1.88. The molecule has 0 spiro atoms. The van der Waals surface area contributed by atoms with Gasteiger partial charge in [0, 0.05) is 18.5 Å². The molecule has 4 nitrogen and oxygen atoms in total. The summed E-state index contributed by atoms with van der Waals surface area (Å²) in [4.78, 5) is 0. The van der Waals surface area contributed by atoms with Gasteiger partial charge in [0.2, 0.25) is 5.88 Å². The van der Waals surface area contributed by atoms with Gasteiger partial charge >= 0.3 is 0 Å². The zero-order valence-corrected chi connectivity index (χ0v) is 6.92. The fraction of sp³-hybridized carbons (Fsp3) is 0.625. The SMILES string of the molecule is NCCc1cc(NC2CC2)on1. The molecule has 2 rings (SSSR count). The number of anilines is 1. The second-order valence-electron chi connectivity index (χ2n) is 3.14. The molecule has 12 heavy (non-hydrogen) atoms. The minimum Gasteiger partial charge on any atom is -0.351 e. The van der Waals surface area contributed by atoms with Gasteiger partial charge in [0.15, 0.2) is 0 Å². The van der Waals surface area contributed by atoms with Gasteiger partial charge in [-0.15, -0.1) is 0 Å². The Morgan fingerprint density at radius 1 is 1.67 bits per heavy atom. The van der Waals surface area contributed by atoms with E-state index in [1.54, 1.807) is 0 Å². The topological polar surface area (TPSA) is 64.1 Å². The number of nitrogens with two attached hydrogens (primary N) is 1. The van der Waals surface area contributed by atoms with E-state index in [2.05, 4.69) is 10.5 Å². The molecule has 0 saturated heterocycles. The van der Waals surface area contributed by atoms with Crippen LogP contribution in [-0.2, 0) is 6.42 Å². The number of hydrogen-bond donors (Lipinski definition) is 2. The molecule has 1 aliphatic carbocycles. The third-order valence-electron chi connectivity index (χ3n) is 1.88. The fourth-order valence-corrected chi connectivity index (χ4v) is 1.07. The van der Waals surface area contributed by atoms with Crippen molar-refractivity contribution in [1.82, 2.24) is 5.16 Å². The molecule has 1 aliphatic rings. The molecule has 1 fully saturated rings. The van der Waals surface area contributed by atoms with Gasteiger partial charge in [-0.3, -0.25) is 0 Å². The second kappa shape index (κ2) is 3.15. The van der Waals surface area contributed by atoms with Crippen LogP contribution in [0.1, 0.15) is 18.5 Å². The molecule has 0 unspecified atom stereocenters. The van der Waals surface area contributed by atoms with Crippen molar-refractivity contribution in [3.05, 3.63) is 11.8 Å². The van der Waals surface area contributed by atoms with Crippen LogP contribution in [0.3, 0.4) is 0 Å². The lowest BCUT2D eigenvalue weighted by Gasteiger charge is -1.93. The molecule has 0 aliphatic heterocycles. The summed E-state index contributed by atoms with van der Waals surface area (Å²) in [6, 6.07) is 2.54. The van der Waals surface area contributed by atoms with Gasteiger partial charge in [0.1, 0.15) is 0 Å². The molecule has 1 saturated carbocycles. The zero-order chi connectivity index (χ0) is 8.39. The highest BCUT2D eigenvalue weighted by molar-refractivity contribution is 5.34. The van der Waals surface area contributed by atoms with Gasteiger partial charge in [0.25, 0.3) is 0 Å². The molecular weight excluding hydrogens is 154 g/mol. The largest absolute Gasteiger partial charge is 0.351 e. The van der Waals surface area contributed by atoms with E-state index in [1.165, 1.54) is 12.8 Å². The summed E-state index contributed by atoms with van der Waals surface area (Å²) in [6.07, 6.45) is 3.27. The van der Waals surface area contributed by atoms with Crippen LogP contribution in [0.4, 0.5) is 5.88 Å². The Balaban J connectivity index is 1.92. The van der Waals surface area contributed by atoms with Crippen molar-refractivity contribution in [2.24, 2.45) is 5.73 Å². The molecule has 1 aromatic heterocycles. The summed E-state index contributed by atoms with van der Waals surface area (Å²) in [5, 5.41) is 7.09. The van der Waals surface area contributed by atoms with Crippen LogP contribution in [-0.4, -0.2) is 17.7 Å². The minimum atomic E-state index is 0.615. The molecule has 1 heterocycles. The molecule has 0 bridgehead atoms. The van der Waals surface area contributed by atoms with E-state index in [4.69, 9.17) is 10.3 Å². The maximum absolute atomic E-state index is 5.38. The first-order chi connectivity index (χ1) is 5.88. The summed E-state index contributed by atoms with van der Waals surface area (Å²) in [7, 11) is 0. The van der Waals surface area contributed by atoms with Gasteiger partial charge < -0.3 is 15.6 Å². The molecule has 0 atom stereocenters. The van der Waals surface area contributed by atoms with E-state index in [0.717, 1.165) is 18.0 Å². The molecule has 3 N–H and O–H groups in total. The molecule has 1 aromatic rings. The van der Waals surface area contributed by atoms with Gasteiger partial charge in [-0.25, -0.2) is 0 Å². The Bertz CT molecular complexity index is 255. The maximum atomic E-state index is 5.38. The fourth-order valence-electron chi connectivity index (χ4n) is 1.07. The quantitative estimate of drug-likeness (QED) is 0.694. The number of hydrogen-bond acceptors (Lipinski definition) is 4. The smallest absolute Gasteiger partial charge is 0.225 e. The van der Waals surface area contributed by atoms with Crippen LogP contribution in [0, 0.1) is 0 Å². The van der Waals surface area contributed by atoms with Crippen LogP contribution in [0.2, 0.25) is 0 Å². The molecule has 0 radical (unpaired) electrons. The van der Waals surface area contributed by atoms with Crippen LogP contribution in [0.25, 0.3) is 0 Å². The van der Waals surface area contributed by atoms with Crippen LogP contribution >= 0.6 is 0 Å². The van der Waals surface area contributed by atoms with E-state index in [9.17, 15) is 0 Å². The van der Waals surface area contributed by atoms with Crippen molar-refractivity contribution in [3.63, 3.8) is 0 Å². The van der Waals surface area contributed by atoms with Crippen LogP contribution in [0.15, 0.2) is 10.6 Å². The van der Waals surface area contributed by atoms with Crippen molar-refractivity contribution in [3.8, 4) is 0 Å². The van der Waals surface area contributed by atoms with Gasteiger partial charge in [-0.05, 0) is 19.4 Å². The van der Waals surface area contributed by atoms with Crippen LogP contribution in [0.5, 0.6) is 0 Å². The number of nitrogens with one attached hydrogen (secondary N) is 1. The van der Waals surface area contributed by atoms with E-state index in [1.807, 2.05) is 6.07 Å². The first kappa shape index (κ1) is 7.61. The predicted molar refractivity (Wildman–Crippen MR) is 45.9 cm³/mol. The highest BCUT2D eigenvalue weighted by atomic mass is 16.5. The normalized spacial score (nSPS) is 16.4. The highest BCUT2D eigenvalue weighted by Gasteiger charge is 2.22. The van der Waals surface area contributed by atoms with Crippen molar-refractivity contribution in [1.29, 1.82) is 0 Å². The summed E-state index contributed by atoms with van der Waals surface area (Å²) in [5.74, 6) is 0.779. The Morgan fingerprint density at radius 2 is 2.50 bits per heavy atom. The monoisotopic (exact) mass is 167 g/mol. The Morgan fingerprint density at radius 3 is 3.17 bits per heavy atom. The molecule has 66 valence electrons. The van der Waals surface area contributed by atoms with E-state index in [-0.39, 0.29) is 0 Å². The third kappa shape index (κ3) is 1.76. The van der Waals surface area contributed by atoms with Crippen molar-refractivity contribution in [2.45, 2.75) is 25.3 Å². The van der Waals surface area contributed by atoms with E-state index >= 15 is 0 Å². The lowest BCUT2D eigenvalue weighted by molar-refractivity contribution is 0.423. The number of rotatable bonds is 4. The summed E-state index contributed by atoms with van der Waals surface area (Å²) < 4.78 is 5.05. The van der Waals surface area contributed by atoms with Gasteiger partial charge in [0.05, 0.1) is 5.69 Å². The lowest BCUT2D eigenvalue weighted by Crippen LogP contribution is -2.02. The molecule has 0 aromatic carbocycles. The van der Waals surface area contributed by atoms with Crippen molar-refractivity contribution >= 4 is 5.88 Å². The van der Waals surface area contributed by atoms with E-state index in [0.29, 0.717) is 12.6 Å². The predicted octanol–water partition coefficient (Wildman–Crippen LogP) is 0.750. The minimum absolute atomic E-state index is 0.615. The molecule has 0 amide bonds. The first-order valence-electron chi connectivity index (χ1n) is 4.30. The summed E-state index contributed by atoms with van der Waals surface area (Å²) in [5.41, 5.74) is 6.31. The average molecular weight is 167 g/mol. The molecule has 4 heteroatoms. The van der Waals surface area contributed by atoms with E-state index < -0.39 is 0 Å².